The highest BCUT2D eigenvalue weighted by atomic mass is 28.3. The number of hydrogen-bond donors (Lipinski definition) is 1. The van der Waals surface area contributed by atoms with Crippen LogP contribution in [0.4, 0.5) is 0 Å². The molecule has 0 amide bonds. The Kier molecular flexibility index (Phi) is 4.61. The average Bonchev–Trinajstić information content (AvgIpc) is 2.83. The second-order valence-electron chi connectivity index (χ2n) is 5.69. The van der Waals surface area contributed by atoms with Gasteiger partial charge in [-0.25, -0.2) is 0 Å². The summed E-state index contributed by atoms with van der Waals surface area (Å²) < 4.78 is 0. The van der Waals surface area contributed by atoms with E-state index < -0.39 is 8.07 Å². The molecule has 0 atom stereocenters. The van der Waals surface area contributed by atoms with Crippen LogP contribution in [0.1, 0.15) is 25.7 Å². The third-order valence-electron chi connectivity index (χ3n) is 2.59. The molecule has 0 aliphatic heterocycles. The van der Waals surface area contributed by atoms with Crippen molar-refractivity contribution < 1.29 is 5.11 Å². The topological polar surface area (TPSA) is 23.5 Å². The lowest BCUT2D eigenvalue weighted by molar-refractivity contribution is 0.253. The Morgan fingerprint density at radius 1 is 1.21 bits per heavy atom. The summed E-state index contributed by atoms with van der Waals surface area (Å²) in [6, 6.07) is 0.889. The molecule has 1 saturated carbocycles. The maximum atomic E-state index is 8.76. The Morgan fingerprint density at radius 3 is 2.29 bits per heavy atom. The first-order valence-corrected chi connectivity index (χ1v) is 9.58. The smallest absolute Gasteiger partial charge is 0.0599 e. The van der Waals surface area contributed by atoms with Crippen LogP contribution in [0, 0.1) is 0 Å². The van der Waals surface area contributed by atoms with Gasteiger partial charge in [-0.3, -0.25) is 0 Å². The van der Waals surface area contributed by atoms with Crippen LogP contribution in [0.15, 0.2) is 0 Å². The predicted octanol–water partition coefficient (Wildman–Crippen LogP) is 2.10. The molecule has 1 N–H and O–H groups in total. The zero-order chi connectivity index (χ0) is 10.6. The van der Waals surface area contributed by atoms with Crippen LogP contribution in [0.2, 0.25) is 19.6 Å². The molecule has 2 nitrogen and oxygen atoms in total. The van der Waals surface area contributed by atoms with E-state index in [1.54, 1.807) is 0 Å². The molecule has 3 heteroatoms. The van der Waals surface area contributed by atoms with Crippen LogP contribution in [0.3, 0.4) is 0 Å². The van der Waals surface area contributed by atoms with E-state index in [9.17, 15) is 0 Å². The summed E-state index contributed by atoms with van der Waals surface area (Å²) in [6.07, 6.45) is 6.28. The van der Waals surface area contributed by atoms with Gasteiger partial charge in [-0.05, 0) is 38.4 Å². The van der Waals surface area contributed by atoms with Gasteiger partial charge in [0.25, 0.3) is 0 Å². The lowest BCUT2D eigenvalue weighted by Gasteiger charge is -2.28. The van der Waals surface area contributed by atoms with Gasteiger partial charge in [0.15, 0.2) is 0 Å². The second kappa shape index (κ2) is 5.28. The summed E-state index contributed by atoms with van der Waals surface area (Å²) in [4.78, 5) is 2.67. The molecule has 0 bridgehead atoms. The van der Waals surface area contributed by atoms with E-state index in [1.807, 2.05) is 0 Å². The van der Waals surface area contributed by atoms with E-state index in [0.29, 0.717) is 6.61 Å². The summed E-state index contributed by atoms with van der Waals surface area (Å²) in [5, 5.41) is 8.76. The van der Waals surface area contributed by atoms with Crippen molar-refractivity contribution in [2.75, 3.05) is 19.3 Å². The molecule has 1 aliphatic rings. The van der Waals surface area contributed by atoms with Gasteiger partial charge in [-0.15, -0.1) is 0 Å². The van der Waals surface area contributed by atoms with Crippen LogP contribution in [0.5, 0.6) is 0 Å². The third-order valence-corrected chi connectivity index (χ3v) is 3.95. The fraction of sp³-hybridized carbons (Fsp3) is 1.00. The van der Waals surface area contributed by atoms with Crippen LogP contribution >= 0.6 is 0 Å². The molecule has 1 aliphatic carbocycles. The van der Waals surface area contributed by atoms with E-state index in [0.717, 1.165) is 18.9 Å². The van der Waals surface area contributed by atoms with Crippen molar-refractivity contribution in [3.05, 3.63) is 0 Å². The number of rotatable bonds is 7. The summed E-state index contributed by atoms with van der Waals surface area (Å²) in [5.74, 6) is 0. The van der Waals surface area contributed by atoms with E-state index in [1.165, 1.54) is 25.6 Å². The van der Waals surface area contributed by atoms with Gasteiger partial charge in [0, 0.05) is 12.6 Å². The summed E-state index contributed by atoms with van der Waals surface area (Å²) >= 11 is 0. The molecule has 0 saturated heterocycles. The van der Waals surface area contributed by atoms with E-state index in [-0.39, 0.29) is 0 Å². The predicted molar refractivity (Wildman–Crippen MR) is 64.3 cm³/mol. The lowest BCUT2D eigenvalue weighted by atomic mass is 10.3. The van der Waals surface area contributed by atoms with Crippen molar-refractivity contribution in [1.82, 2.24) is 4.90 Å². The molecule has 0 aromatic rings. The molecule has 0 spiro atoms. The first kappa shape index (κ1) is 12.2. The van der Waals surface area contributed by atoms with Gasteiger partial charge in [0.2, 0.25) is 0 Å². The maximum absolute atomic E-state index is 8.76. The Balaban J connectivity index is 2.24. The highest BCUT2D eigenvalue weighted by Crippen LogP contribution is 2.28. The van der Waals surface area contributed by atoms with Crippen molar-refractivity contribution in [3.8, 4) is 0 Å². The van der Waals surface area contributed by atoms with Crippen molar-refractivity contribution in [2.45, 2.75) is 51.4 Å². The number of unbranched alkanes of at least 4 members (excludes halogenated alkanes) is 1. The first-order valence-electron chi connectivity index (χ1n) is 5.88. The van der Waals surface area contributed by atoms with E-state index >= 15 is 0 Å². The monoisotopic (exact) mass is 215 g/mol. The van der Waals surface area contributed by atoms with Gasteiger partial charge in [0.1, 0.15) is 0 Å². The number of aliphatic hydroxyl groups excluding tert-OH is 1. The molecule has 0 aromatic carbocycles. The van der Waals surface area contributed by atoms with Crippen LogP contribution in [-0.4, -0.2) is 43.4 Å². The standard InChI is InChI=1S/C11H25NOSi/c1-14(2,3)10-12(11-6-7-11)8-4-5-9-13/h11,13H,4-10H2,1-3H3. The third kappa shape index (κ3) is 5.13. The number of aliphatic hydroxyl groups is 1. The summed E-state index contributed by atoms with van der Waals surface area (Å²) in [5.41, 5.74) is 0. The maximum Gasteiger partial charge on any atom is 0.0599 e. The van der Waals surface area contributed by atoms with Crippen molar-refractivity contribution >= 4 is 8.07 Å². The van der Waals surface area contributed by atoms with Crippen molar-refractivity contribution in [1.29, 1.82) is 0 Å². The van der Waals surface area contributed by atoms with E-state index in [4.69, 9.17) is 5.11 Å². The molecular formula is C11H25NOSi. The lowest BCUT2D eigenvalue weighted by Crippen LogP contribution is -2.42. The van der Waals surface area contributed by atoms with Gasteiger partial charge < -0.3 is 10.0 Å². The number of nitrogens with zero attached hydrogens (tertiary/aromatic N) is 1. The average molecular weight is 215 g/mol. The molecule has 0 aromatic heterocycles. The molecule has 1 fully saturated rings. The fourth-order valence-electron chi connectivity index (χ4n) is 1.87. The van der Waals surface area contributed by atoms with Crippen LogP contribution in [-0.2, 0) is 0 Å². The van der Waals surface area contributed by atoms with E-state index in [2.05, 4.69) is 24.5 Å². The Bertz CT molecular complexity index is 163. The molecule has 0 unspecified atom stereocenters. The van der Waals surface area contributed by atoms with Crippen LogP contribution < -0.4 is 0 Å². The Hall–Kier alpha value is 0.137. The van der Waals surface area contributed by atoms with Gasteiger partial charge in [-0.1, -0.05) is 19.6 Å². The van der Waals surface area contributed by atoms with Crippen LogP contribution in [0.25, 0.3) is 0 Å². The molecule has 0 heterocycles. The molecule has 84 valence electrons. The minimum absolute atomic E-state index is 0.353. The zero-order valence-corrected chi connectivity index (χ0v) is 10.9. The SMILES string of the molecule is C[Si](C)(C)CN(CCCCO)C1CC1. The molecular weight excluding hydrogens is 190 g/mol. The normalized spacial score (nSPS) is 17.8. The highest BCUT2D eigenvalue weighted by Gasteiger charge is 2.31. The van der Waals surface area contributed by atoms with Gasteiger partial charge in [0.05, 0.1) is 8.07 Å². The summed E-state index contributed by atoms with van der Waals surface area (Å²) in [6.45, 7) is 8.87. The first-order chi connectivity index (χ1) is 6.53. The Labute approximate surface area is 89.3 Å². The quantitative estimate of drug-likeness (QED) is 0.519. The highest BCUT2D eigenvalue weighted by molar-refractivity contribution is 6.76. The summed E-state index contributed by atoms with van der Waals surface area (Å²) in [7, 11) is -0.940. The fourth-order valence-corrected chi connectivity index (χ4v) is 3.50. The molecule has 1 rings (SSSR count). The zero-order valence-electron chi connectivity index (χ0n) is 9.92. The minimum atomic E-state index is -0.940. The number of hydrogen-bond acceptors (Lipinski definition) is 2. The second-order valence-corrected chi connectivity index (χ2v) is 11.1. The Morgan fingerprint density at radius 2 is 1.86 bits per heavy atom. The van der Waals surface area contributed by atoms with Gasteiger partial charge >= 0.3 is 0 Å². The largest absolute Gasteiger partial charge is 0.396 e. The van der Waals surface area contributed by atoms with Crippen molar-refractivity contribution in [3.63, 3.8) is 0 Å². The minimum Gasteiger partial charge on any atom is -0.396 e. The molecule has 14 heavy (non-hydrogen) atoms. The molecule has 0 radical (unpaired) electrons. The van der Waals surface area contributed by atoms with Gasteiger partial charge in [-0.2, -0.15) is 0 Å². The van der Waals surface area contributed by atoms with Crippen molar-refractivity contribution in [2.24, 2.45) is 0 Å².